The van der Waals surface area contributed by atoms with E-state index in [9.17, 15) is 5.11 Å². The molecule has 0 spiro atoms. The lowest BCUT2D eigenvalue weighted by Gasteiger charge is -2.36. The Balaban J connectivity index is 2.23. The molecule has 94 valence electrons. The molecule has 1 nitrogen and oxygen atoms in total. The zero-order valence-electron chi connectivity index (χ0n) is 11.1. The predicted octanol–water partition coefficient (Wildman–Crippen LogP) is 3.79. The molecule has 1 aliphatic rings. The van der Waals surface area contributed by atoms with Crippen LogP contribution in [0.25, 0.3) is 0 Å². The SMILES string of the molecule is Cc1cccc(C)c1CC1(CO)CCCCC1. The summed E-state index contributed by atoms with van der Waals surface area (Å²) in [4.78, 5) is 0. The molecule has 0 aliphatic heterocycles. The second-order valence-corrected chi connectivity index (χ2v) is 5.77. The molecule has 0 amide bonds. The third-order valence-electron chi connectivity index (χ3n) is 4.45. The summed E-state index contributed by atoms with van der Waals surface area (Å²) >= 11 is 0. The number of aryl methyl sites for hydroxylation is 2. The van der Waals surface area contributed by atoms with Gasteiger partial charge in [-0.25, -0.2) is 0 Å². The fourth-order valence-corrected chi connectivity index (χ4v) is 3.20. The number of rotatable bonds is 3. The molecule has 0 aromatic heterocycles. The van der Waals surface area contributed by atoms with Crippen LogP contribution in [0.3, 0.4) is 0 Å². The number of hydrogen-bond donors (Lipinski definition) is 1. The average molecular weight is 232 g/mol. The lowest BCUT2D eigenvalue weighted by atomic mass is 9.70. The Hall–Kier alpha value is -0.820. The maximum atomic E-state index is 9.78. The molecule has 0 radical (unpaired) electrons. The van der Waals surface area contributed by atoms with Crippen molar-refractivity contribution in [2.24, 2.45) is 5.41 Å². The van der Waals surface area contributed by atoms with Gasteiger partial charge >= 0.3 is 0 Å². The molecule has 1 aliphatic carbocycles. The topological polar surface area (TPSA) is 20.2 Å². The molecule has 1 aromatic carbocycles. The van der Waals surface area contributed by atoms with Crippen LogP contribution >= 0.6 is 0 Å². The Morgan fingerprint density at radius 3 is 2.18 bits per heavy atom. The molecular formula is C16H24O. The van der Waals surface area contributed by atoms with Crippen LogP contribution in [-0.2, 0) is 6.42 Å². The third-order valence-corrected chi connectivity index (χ3v) is 4.45. The van der Waals surface area contributed by atoms with Crippen molar-refractivity contribution in [1.82, 2.24) is 0 Å². The largest absolute Gasteiger partial charge is 0.396 e. The Kier molecular flexibility index (Phi) is 3.88. The minimum atomic E-state index is 0.162. The van der Waals surface area contributed by atoms with Gasteiger partial charge in [-0.2, -0.15) is 0 Å². The summed E-state index contributed by atoms with van der Waals surface area (Å²) in [5, 5.41) is 9.78. The zero-order valence-corrected chi connectivity index (χ0v) is 11.1. The second kappa shape index (κ2) is 5.22. The van der Waals surface area contributed by atoms with Gasteiger partial charge in [0, 0.05) is 6.61 Å². The number of aliphatic hydroxyl groups is 1. The summed E-state index contributed by atoms with van der Waals surface area (Å²) in [5.74, 6) is 0. The minimum Gasteiger partial charge on any atom is -0.396 e. The lowest BCUT2D eigenvalue weighted by Crippen LogP contribution is -2.31. The number of benzene rings is 1. The molecular weight excluding hydrogens is 208 g/mol. The first-order valence-electron chi connectivity index (χ1n) is 6.83. The van der Waals surface area contributed by atoms with Crippen LogP contribution in [0.2, 0.25) is 0 Å². The van der Waals surface area contributed by atoms with E-state index in [1.807, 2.05) is 0 Å². The van der Waals surface area contributed by atoms with Crippen molar-refractivity contribution >= 4 is 0 Å². The lowest BCUT2D eigenvalue weighted by molar-refractivity contribution is 0.0821. The van der Waals surface area contributed by atoms with Gasteiger partial charge in [0.2, 0.25) is 0 Å². The highest BCUT2D eigenvalue weighted by molar-refractivity contribution is 5.34. The minimum absolute atomic E-state index is 0.162. The van der Waals surface area contributed by atoms with Crippen LogP contribution in [0, 0.1) is 19.3 Å². The van der Waals surface area contributed by atoms with Crippen molar-refractivity contribution in [2.75, 3.05) is 6.61 Å². The van der Waals surface area contributed by atoms with Crippen LogP contribution in [0.4, 0.5) is 0 Å². The van der Waals surface area contributed by atoms with Gasteiger partial charge in [-0.1, -0.05) is 37.5 Å². The highest BCUT2D eigenvalue weighted by Crippen LogP contribution is 2.39. The molecule has 0 heterocycles. The Bertz CT molecular complexity index is 355. The van der Waals surface area contributed by atoms with Crippen LogP contribution in [0.15, 0.2) is 18.2 Å². The molecule has 1 aromatic rings. The van der Waals surface area contributed by atoms with Crippen molar-refractivity contribution < 1.29 is 5.11 Å². The van der Waals surface area contributed by atoms with Gasteiger partial charge < -0.3 is 5.11 Å². The first-order valence-corrected chi connectivity index (χ1v) is 6.83. The highest BCUT2D eigenvalue weighted by atomic mass is 16.3. The van der Waals surface area contributed by atoms with E-state index in [1.165, 1.54) is 48.8 Å². The molecule has 0 bridgehead atoms. The van der Waals surface area contributed by atoms with E-state index in [0.29, 0.717) is 6.61 Å². The standard InChI is InChI=1S/C16H24O/c1-13-7-6-8-14(2)15(13)11-16(12-17)9-4-3-5-10-16/h6-8,17H,3-5,9-12H2,1-2H3. The highest BCUT2D eigenvalue weighted by Gasteiger charge is 2.32. The molecule has 1 fully saturated rings. The van der Waals surface area contributed by atoms with Crippen LogP contribution < -0.4 is 0 Å². The van der Waals surface area contributed by atoms with E-state index in [-0.39, 0.29) is 5.41 Å². The maximum absolute atomic E-state index is 9.78. The molecule has 1 heteroatoms. The summed E-state index contributed by atoms with van der Waals surface area (Å²) in [7, 11) is 0. The van der Waals surface area contributed by atoms with Crippen molar-refractivity contribution in [1.29, 1.82) is 0 Å². The smallest absolute Gasteiger partial charge is 0.0490 e. The second-order valence-electron chi connectivity index (χ2n) is 5.77. The van der Waals surface area contributed by atoms with E-state index in [2.05, 4.69) is 32.0 Å². The fourth-order valence-electron chi connectivity index (χ4n) is 3.20. The van der Waals surface area contributed by atoms with Crippen LogP contribution in [0.5, 0.6) is 0 Å². The van der Waals surface area contributed by atoms with Gasteiger partial charge in [-0.05, 0) is 55.2 Å². The van der Waals surface area contributed by atoms with Gasteiger partial charge in [0.25, 0.3) is 0 Å². The van der Waals surface area contributed by atoms with Crippen molar-refractivity contribution in [3.8, 4) is 0 Å². The van der Waals surface area contributed by atoms with E-state index in [4.69, 9.17) is 0 Å². The van der Waals surface area contributed by atoms with Crippen molar-refractivity contribution in [3.63, 3.8) is 0 Å². The molecule has 1 saturated carbocycles. The normalized spacial score (nSPS) is 19.2. The molecule has 0 unspecified atom stereocenters. The van der Waals surface area contributed by atoms with Crippen LogP contribution in [0.1, 0.15) is 48.8 Å². The van der Waals surface area contributed by atoms with Gasteiger partial charge in [-0.15, -0.1) is 0 Å². The van der Waals surface area contributed by atoms with E-state index in [0.717, 1.165) is 6.42 Å². The molecule has 17 heavy (non-hydrogen) atoms. The molecule has 0 atom stereocenters. The number of aliphatic hydroxyl groups excluding tert-OH is 1. The summed E-state index contributed by atoms with van der Waals surface area (Å²) < 4.78 is 0. The fraction of sp³-hybridized carbons (Fsp3) is 0.625. The van der Waals surface area contributed by atoms with E-state index >= 15 is 0 Å². The monoisotopic (exact) mass is 232 g/mol. The first-order chi connectivity index (χ1) is 8.17. The van der Waals surface area contributed by atoms with Gasteiger partial charge in [-0.3, -0.25) is 0 Å². The molecule has 2 rings (SSSR count). The summed E-state index contributed by atoms with van der Waals surface area (Å²) in [5.41, 5.74) is 4.38. The molecule has 0 saturated heterocycles. The van der Waals surface area contributed by atoms with E-state index in [1.54, 1.807) is 0 Å². The summed E-state index contributed by atoms with van der Waals surface area (Å²) in [6.45, 7) is 4.73. The Labute approximate surface area is 105 Å². The van der Waals surface area contributed by atoms with Crippen molar-refractivity contribution in [3.05, 3.63) is 34.9 Å². The van der Waals surface area contributed by atoms with Crippen molar-refractivity contribution in [2.45, 2.75) is 52.4 Å². The van der Waals surface area contributed by atoms with Gasteiger partial charge in [0.15, 0.2) is 0 Å². The quantitative estimate of drug-likeness (QED) is 0.840. The zero-order chi connectivity index (χ0) is 12.3. The maximum Gasteiger partial charge on any atom is 0.0490 e. The number of hydrogen-bond acceptors (Lipinski definition) is 1. The van der Waals surface area contributed by atoms with Gasteiger partial charge in [0.1, 0.15) is 0 Å². The molecule has 1 N–H and O–H groups in total. The third kappa shape index (κ3) is 2.71. The summed E-state index contributed by atoms with van der Waals surface area (Å²) in [6, 6.07) is 6.51. The average Bonchev–Trinajstić information content (AvgIpc) is 2.35. The Morgan fingerprint density at radius 2 is 1.65 bits per heavy atom. The summed E-state index contributed by atoms with van der Waals surface area (Å²) in [6.07, 6.45) is 7.35. The van der Waals surface area contributed by atoms with Gasteiger partial charge in [0.05, 0.1) is 0 Å². The first kappa shape index (κ1) is 12.6. The Morgan fingerprint density at radius 1 is 1.06 bits per heavy atom. The van der Waals surface area contributed by atoms with E-state index < -0.39 is 0 Å². The van der Waals surface area contributed by atoms with Crippen LogP contribution in [-0.4, -0.2) is 11.7 Å². The predicted molar refractivity (Wildman–Crippen MR) is 72.2 cm³/mol.